The second kappa shape index (κ2) is 25.3. The molecule has 0 radical (unpaired) electrons. The summed E-state index contributed by atoms with van der Waals surface area (Å²) in [5.74, 6) is -1.08. The Hall–Kier alpha value is -7.28. The molecule has 0 aliphatic carbocycles. The predicted octanol–water partition coefficient (Wildman–Crippen LogP) is 6.60. The fourth-order valence-electron chi connectivity index (χ4n) is 5.96. The number of carbonyl (C=O) groups is 4. The van der Waals surface area contributed by atoms with Gasteiger partial charge in [-0.25, -0.2) is 0 Å². The SMILES string of the molecule is O=C(/C=C/c1ccc(O)cc1)NCCCCN(CCCCN(CCCCNC(=O)/C=C/c1ccc(O)c(O)c1)C(=O)/C=C/c1ccc(O)cc1)C(=O)/C=C/c1ccc(O)cc1. The molecule has 0 aromatic heterocycles. The number of hydrogen-bond acceptors (Lipinski definition) is 9. The number of amides is 4. The fourth-order valence-corrected chi connectivity index (χ4v) is 5.96. The third-order valence-electron chi connectivity index (χ3n) is 9.41. The van der Waals surface area contributed by atoms with Crippen molar-refractivity contribution in [3.05, 3.63) is 138 Å². The van der Waals surface area contributed by atoms with Gasteiger partial charge in [0.1, 0.15) is 17.2 Å². The van der Waals surface area contributed by atoms with Crippen LogP contribution in [0.5, 0.6) is 28.7 Å². The highest BCUT2D eigenvalue weighted by Crippen LogP contribution is 2.25. The highest BCUT2D eigenvalue weighted by Gasteiger charge is 2.14. The largest absolute Gasteiger partial charge is 0.508 e. The van der Waals surface area contributed by atoms with Crippen LogP contribution < -0.4 is 10.6 Å². The van der Waals surface area contributed by atoms with E-state index in [9.17, 15) is 44.7 Å². The first kappa shape index (κ1) is 46.4. The van der Waals surface area contributed by atoms with Crippen LogP contribution in [0.2, 0.25) is 0 Å². The standard InChI is InChI=1S/C48H54N4O9/c53-40-18-7-36(8-19-40)14-25-45(58)49-29-1-3-31-51(47(60)27-16-37-9-20-41(54)21-10-37)33-5-6-34-52(48(61)28-17-38-11-22-42(55)23-12-38)32-4-2-30-50-46(59)26-15-39-13-24-43(56)44(57)35-39/h7-28,35,53-57H,1-6,29-34H2,(H,49,58)(H,50,59)/b25-14+,26-15+,27-16+,28-17+. The lowest BCUT2D eigenvalue weighted by Gasteiger charge is -2.24. The number of carbonyl (C=O) groups excluding carboxylic acids is 4. The van der Waals surface area contributed by atoms with Gasteiger partial charge in [-0.1, -0.05) is 42.5 Å². The summed E-state index contributed by atoms with van der Waals surface area (Å²) in [5, 5.41) is 53.5. The molecule has 4 aromatic rings. The highest BCUT2D eigenvalue weighted by molar-refractivity contribution is 5.93. The van der Waals surface area contributed by atoms with E-state index in [1.807, 2.05) is 0 Å². The van der Waals surface area contributed by atoms with Gasteiger partial charge in [0.25, 0.3) is 0 Å². The van der Waals surface area contributed by atoms with Crippen LogP contribution in [-0.2, 0) is 19.2 Å². The second-order valence-corrected chi connectivity index (χ2v) is 14.2. The van der Waals surface area contributed by atoms with E-state index in [-0.39, 0.29) is 52.4 Å². The van der Waals surface area contributed by atoms with Gasteiger partial charge in [0.15, 0.2) is 11.5 Å². The van der Waals surface area contributed by atoms with E-state index in [1.165, 1.54) is 42.5 Å². The molecule has 320 valence electrons. The molecule has 7 N–H and O–H groups in total. The number of hydrogen-bond donors (Lipinski definition) is 7. The quantitative estimate of drug-likeness (QED) is 0.0245. The van der Waals surface area contributed by atoms with Gasteiger partial charge < -0.3 is 46.0 Å². The Balaban J connectivity index is 1.30. The van der Waals surface area contributed by atoms with E-state index >= 15 is 0 Å². The summed E-state index contributed by atoms with van der Waals surface area (Å²) in [4.78, 5) is 55.0. The average molecular weight is 831 g/mol. The van der Waals surface area contributed by atoms with E-state index in [4.69, 9.17) is 0 Å². The molecule has 4 amide bonds. The summed E-state index contributed by atoms with van der Waals surface area (Å²) in [6, 6.07) is 23.8. The van der Waals surface area contributed by atoms with Crippen molar-refractivity contribution in [2.75, 3.05) is 39.3 Å². The normalized spacial score (nSPS) is 11.4. The molecule has 0 heterocycles. The average Bonchev–Trinajstić information content (AvgIpc) is 3.25. The molecule has 0 fully saturated rings. The van der Waals surface area contributed by atoms with Crippen molar-refractivity contribution in [1.29, 1.82) is 0 Å². The van der Waals surface area contributed by atoms with Crippen molar-refractivity contribution in [2.45, 2.75) is 38.5 Å². The summed E-state index contributed by atoms with van der Waals surface area (Å²) in [5.41, 5.74) is 2.85. The van der Waals surface area contributed by atoms with Crippen molar-refractivity contribution in [3.63, 3.8) is 0 Å². The van der Waals surface area contributed by atoms with Crippen molar-refractivity contribution in [1.82, 2.24) is 20.4 Å². The zero-order valence-electron chi connectivity index (χ0n) is 34.0. The minimum absolute atomic E-state index is 0.123. The van der Waals surface area contributed by atoms with E-state index in [1.54, 1.807) is 107 Å². The number of nitrogens with zero attached hydrogens (tertiary/aromatic N) is 2. The summed E-state index contributed by atoms with van der Waals surface area (Å²) < 4.78 is 0. The summed E-state index contributed by atoms with van der Waals surface area (Å²) in [6.07, 6.45) is 16.0. The number of phenolic OH excluding ortho intramolecular Hbond substituents is 5. The maximum atomic E-state index is 13.4. The predicted molar refractivity (Wildman–Crippen MR) is 237 cm³/mol. The van der Waals surface area contributed by atoms with Crippen molar-refractivity contribution < 1.29 is 44.7 Å². The van der Waals surface area contributed by atoms with Gasteiger partial charge in [0.05, 0.1) is 0 Å². The molecular formula is C48H54N4O9. The van der Waals surface area contributed by atoms with Crippen LogP contribution in [0.1, 0.15) is 60.8 Å². The summed E-state index contributed by atoms with van der Waals surface area (Å²) in [6.45, 7) is 2.56. The first-order valence-electron chi connectivity index (χ1n) is 20.2. The molecule has 0 saturated carbocycles. The lowest BCUT2D eigenvalue weighted by Crippen LogP contribution is -2.34. The van der Waals surface area contributed by atoms with Crippen molar-refractivity contribution in [3.8, 4) is 28.7 Å². The van der Waals surface area contributed by atoms with Crippen LogP contribution in [0.3, 0.4) is 0 Å². The van der Waals surface area contributed by atoms with Crippen LogP contribution >= 0.6 is 0 Å². The molecule has 13 heteroatoms. The van der Waals surface area contributed by atoms with Gasteiger partial charge >= 0.3 is 0 Å². The molecule has 0 aliphatic rings. The molecule has 0 atom stereocenters. The minimum Gasteiger partial charge on any atom is -0.508 e. The zero-order chi connectivity index (χ0) is 43.8. The smallest absolute Gasteiger partial charge is 0.246 e. The number of benzene rings is 4. The Morgan fingerprint density at radius 3 is 1.11 bits per heavy atom. The van der Waals surface area contributed by atoms with E-state index in [0.717, 1.165) is 16.7 Å². The van der Waals surface area contributed by atoms with E-state index < -0.39 is 0 Å². The zero-order valence-corrected chi connectivity index (χ0v) is 34.0. The molecule has 4 rings (SSSR count). The van der Waals surface area contributed by atoms with Gasteiger partial charge in [-0.3, -0.25) is 19.2 Å². The second-order valence-electron chi connectivity index (χ2n) is 14.2. The molecule has 0 aliphatic heterocycles. The van der Waals surface area contributed by atoms with Gasteiger partial charge in [-0.2, -0.15) is 0 Å². The first-order chi connectivity index (χ1) is 29.4. The van der Waals surface area contributed by atoms with E-state index in [2.05, 4.69) is 10.6 Å². The molecule has 0 bridgehead atoms. The van der Waals surface area contributed by atoms with Gasteiger partial charge in [-0.15, -0.1) is 0 Å². The van der Waals surface area contributed by atoms with Gasteiger partial charge in [0, 0.05) is 63.6 Å². The molecular weight excluding hydrogens is 777 g/mol. The van der Waals surface area contributed by atoms with Crippen LogP contribution in [0.25, 0.3) is 24.3 Å². The molecule has 61 heavy (non-hydrogen) atoms. The monoisotopic (exact) mass is 830 g/mol. The first-order valence-corrected chi connectivity index (χ1v) is 20.2. The number of unbranched alkanes of at least 4 members (excludes halogenated alkanes) is 3. The Bertz CT molecular complexity index is 2150. The number of phenols is 5. The minimum atomic E-state index is -0.321. The topological polar surface area (TPSA) is 200 Å². The van der Waals surface area contributed by atoms with Crippen molar-refractivity contribution >= 4 is 47.9 Å². The van der Waals surface area contributed by atoms with Crippen LogP contribution in [-0.4, -0.2) is 98.2 Å². The number of aromatic hydroxyl groups is 5. The van der Waals surface area contributed by atoms with Gasteiger partial charge in [-0.05, 0) is 134 Å². The molecule has 4 aromatic carbocycles. The van der Waals surface area contributed by atoms with Crippen molar-refractivity contribution in [2.24, 2.45) is 0 Å². The Morgan fingerprint density at radius 1 is 0.410 bits per heavy atom. The Morgan fingerprint density at radius 2 is 0.738 bits per heavy atom. The summed E-state index contributed by atoms with van der Waals surface area (Å²) in [7, 11) is 0. The number of nitrogens with one attached hydrogen (secondary N) is 2. The lowest BCUT2D eigenvalue weighted by molar-refractivity contribution is -0.127. The maximum absolute atomic E-state index is 13.4. The highest BCUT2D eigenvalue weighted by atomic mass is 16.3. The fraction of sp³-hybridized carbons (Fsp3) is 0.250. The number of rotatable bonds is 23. The van der Waals surface area contributed by atoms with Gasteiger partial charge in [0.2, 0.25) is 23.6 Å². The lowest BCUT2D eigenvalue weighted by atomic mass is 10.2. The van der Waals surface area contributed by atoms with E-state index in [0.29, 0.717) is 83.4 Å². The maximum Gasteiger partial charge on any atom is 0.246 e. The Kier molecular flexibility index (Phi) is 19.2. The third kappa shape index (κ3) is 18.0. The molecule has 0 unspecified atom stereocenters. The van der Waals surface area contributed by atoms with Crippen LogP contribution in [0.15, 0.2) is 115 Å². The molecule has 0 spiro atoms. The van der Waals surface area contributed by atoms with Crippen LogP contribution in [0.4, 0.5) is 0 Å². The third-order valence-corrected chi connectivity index (χ3v) is 9.41. The summed E-state index contributed by atoms with van der Waals surface area (Å²) >= 11 is 0. The molecule has 13 nitrogen and oxygen atoms in total. The van der Waals surface area contributed by atoms with Crippen LogP contribution in [0, 0.1) is 0 Å². The molecule has 0 saturated heterocycles. The Labute approximate surface area is 356 Å².